The fourth-order valence-electron chi connectivity index (χ4n) is 2.04. The molecule has 0 saturated heterocycles. The third kappa shape index (κ3) is 3.34. The van der Waals surface area contributed by atoms with E-state index < -0.39 is 0 Å². The maximum atomic E-state index is 11.5. The molecule has 0 saturated carbocycles. The molecule has 0 aliphatic rings. The van der Waals surface area contributed by atoms with Crippen molar-refractivity contribution in [2.24, 2.45) is 5.73 Å². The standard InChI is InChI=1S/C14H20N4O2/c1-2-20-9-5-8-18-12-7-4-3-6-11(12)16-14(18)17-13(19)10-15/h3-4,6-7H,2,5,8-10,15H2,1H3,(H,16,17,19). The Morgan fingerprint density at radius 2 is 2.25 bits per heavy atom. The molecule has 0 spiro atoms. The molecular weight excluding hydrogens is 256 g/mol. The first-order valence-electron chi connectivity index (χ1n) is 6.79. The van der Waals surface area contributed by atoms with Gasteiger partial charge in [-0.15, -0.1) is 0 Å². The van der Waals surface area contributed by atoms with E-state index in [1.165, 1.54) is 0 Å². The van der Waals surface area contributed by atoms with Gasteiger partial charge >= 0.3 is 0 Å². The zero-order valence-electron chi connectivity index (χ0n) is 11.6. The first kappa shape index (κ1) is 14.5. The molecule has 2 rings (SSSR count). The van der Waals surface area contributed by atoms with Crippen molar-refractivity contribution in [3.63, 3.8) is 0 Å². The molecule has 20 heavy (non-hydrogen) atoms. The van der Waals surface area contributed by atoms with Crippen LogP contribution >= 0.6 is 0 Å². The second-order valence-electron chi connectivity index (χ2n) is 4.38. The van der Waals surface area contributed by atoms with E-state index in [-0.39, 0.29) is 12.5 Å². The van der Waals surface area contributed by atoms with Crippen LogP contribution in [0, 0.1) is 0 Å². The van der Waals surface area contributed by atoms with Crippen LogP contribution in [0.3, 0.4) is 0 Å². The Hall–Kier alpha value is -1.92. The van der Waals surface area contributed by atoms with E-state index in [2.05, 4.69) is 10.3 Å². The third-order valence-electron chi connectivity index (χ3n) is 2.97. The van der Waals surface area contributed by atoms with Crippen LogP contribution in [0.25, 0.3) is 11.0 Å². The lowest BCUT2D eigenvalue weighted by Gasteiger charge is -2.09. The van der Waals surface area contributed by atoms with E-state index in [9.17, 15) is 4.79 Å². The van der Waals surface area contributed by atoms with Gasteiger partial charge in [-0.1, -0.05) is 12.1 Å². The number of nitrogens with two attached hydrogens (primary N) is 1. The Bertz CT molecular complexity index is 580. The number of para-hydroxylation sites is 2. The number of carbonyl (C=O) groups is 1. The van der Waals surface area contributed by atoms with Gasteiger partial charge in [0.1, 0.15) is 0 Å². The van der Waals surface area contributed by atoms with Crippen LogP contribution in [0.1, 0.15) is 13.3 Å². The molecule has 1 aromatic carbocycles. The number of anilines is 1. The molecular formula is C14H20N4O2. The zero-order valence-corrected chi connectivity index (χ0v) is 11.6. The van der Waals surface area contributed by atoms with E-state index >= 15 is 0 Å². The summed E-state index contributed by atoms with van der Waals surface area (Å²) >= 11 is 0. The van der Waals surface area contributed by atoms with Crippen LogP contribution in [-0.2, 0) is 16.1 Å². The summed E-state index contributed by atoms with van der Waals surface area (Å²) in [5.41, 5.74) is 7.19. The Kier molecular flexibility index (Phi) is 5.09. The first-order valence-corrected chi connectivity index (χ1v) is 6.79. The second-order valence-corrected chi connectivity index (χ2v) is 4.38. The van der Waals surface area contributed by atoms with E-state index in [1.807, 2.05) is 35.8 Å². The number of fused-ring (bicyclic) bond motifs is 1. The minimum absolute atomic E-state index is 0.0534. The van der Waals surface area contributed by atoms with Crippen LogP contribution in [0.2, 0.25) is 0 Å². The number of carbonyl (C=O) groups excluding carboxylic acids is 1. The lowest BCUT2D eigenvalue weighted by atomic mass is 10.3. The van der Waals surface area contributed by atoms with Crippen LogP contribution < -0.4 is 11.1 Å². The van der Waals surface area contributed by atoms with E-state index in [0.29, 0.717) is 19.2 Å². The molecule has 0 radical (unpaired) electrons. The third-order valence-corrected chi connectivity index (χ3v) is 2.97. The first-order chi connectivity index (χ1) is 9.76. The van der Waals surface area contributed by atoms with Gasteiger partial charge < -0.3 is 15.0 Å². The minimum Gasteiger partial charge on any atom is -0.382 e. The van der Waals surface area contributed by atoms with Crippen molar-refractivity contribution >= 4 is 22.9 Å². The fraction of sp³-hybridized carbons (Fsp3) is 0.429. The van der Waals surface area contributed by atoms with Crippen molar-refractivity contribution < 1.29 is 9.53 Å². The van der Waals surface area contributed by atoms with Crippen LogP contribution in [-0.4, -0.2) is 35.2 Å². The second kappa shape index (κ2) is 7.02. The van der Waals surface area contributed by atoms with Crippen molar-refractivity contribution in [3.05, 3.63) is 24.3 Å². The highest BCUT2D eigenvalue weighted by Crippen LogP contribution is 2.19. The molecule has 3 N–H and O–H groups in total. The molecule has 0 aliphatic carbocycles. The summed E-state index contributed by atoms with van der Waals surface area (Å²) in [4.78, 5) is 15.9. The average Bonchev–Trinajstić information content (AvgIpc) is 2.81. The average molecular weight is 276 g/mol. The molecule has 2 aromatic rings. The van der Waals surface area contributed by atoms with Gasteiger partial charge in [0.25, 0.3) is 0 Å². The summed E-state index contributed by atoms with van der Waals surface area (Å²) < 4.78 is 7.33. The molecule has 0 bridgehead atoms. The molecule has 0 aliphatic heterocycles. The summed E-state index contributed by atoms with van der Waals surface area (Å²) in [5, 5.41) is 2.74. The molecule has 1 heterocycles. The quantitative estimate of drug-likeness (QED) is 0.748. The van der Waals surface area contributed by atoms with Crippen molar-refractivity contribution in [1.29, 1.82) is 0 Å². The lowest BCUT2D eigenvalue weighted by Crippen LogP contribution is -2.24. The number of aryl methyl sites for hydroxylation is 1. The number of benzene rings is 1. The summed E-state index contributed by atoms with van der Waals surface area (Å²) in [6.07, 6.45) is 0.861. The Balaban J connectivity index is 2.22. The van der Waals surface area contributed by atoms with Crippen LogP contribution in [0.4, 0.5) is 5.95 Å². The molecule has 1 aromatic heterocycles. The molecule has 1 amide bonds. The number of hydrogen-bond donors (Lipinski definition) is 2. The predicted molar refractivity (Wildman–Crippen MR) is 78.5 cm³/mol. The predicted octanol–water partition coefficient (Wildman–Crippen LogP) is 1.36. The smallest absolute Gasteiger partial charge is 0.240 e. The van der Waals surface area contributed by atoms with Crippen LogP contribution in [0.5, 0.6) is 0 Å². The highest BCUT2D eigenvalue weighted by molar-refractivity contribution is 5.92. The van der Waals surface area contributed by atoms with Crippen molar-refractivity contribution in [2.45, 2.75) is 19.9 Å². The Labute approximate surface area is 117 Å². The lowest BCUT2D eigenvalue weighted by molar-refractivity contribution is -0.115. The van der Waals surface area contributed by atoms with Gasteiger partial charge in [0.2, 0.25) is 11.9 Å². The van der Waals surface area contributed by atoms with Crippen molar-refractivity contribution in [3.8, 4) is 0 Å². The number of rotatable bonds is 7. The number of hydrogen-bond acceptors (Lipinski definition) is 4. The number of amides is 1. The summed E-state index contributed by atoms with van der Waals surface area (Å²) in [7, 11) is 0. The number of aromatic nitrogens is 2. The van der Waals surface area contributed by atoms with Gasteiger partial charge in [0, 0.05) is 19.8 Å². The molecule has 0 atom stereocenters. The monoisotopic (exact) mass is 276 g/mol. The Morgan fingerprint density at radius 1 is 1.45 bits per heavy atom. The van der Waals surface area contributed by atoms with Gasteiger partial charge in [0.05, 0.1) is 17.6 Å². The number of nitrogens with one attached hydrogen (secondary N) is 1. The highest BCUT2D eigenvalue weighted by Gasteiger charge is 2.11. The van der Waals surface area contributed by atoms with Gasteiger partial charge in [-0.3, -0.25) is 10.1 Å². The zero-order chi connectivity index (χ0) is 14.4. The van der Waals surface area contributed by atoms with Crippen LogP contribution in [0.15, 0.2) is 24.3 Å². The normalized spacial score (nSPS) is 10.9. The topological polar surface area (TPSA) is 82.2 Å². The van der Waals surface area contributed by atoms with E-state index in [1.54, 1.807) is 0 Å². The van der Waals surface area contributed by atoms with Gasteiger partial charge in [-0.05, 0) is 25.5 Å². The molecule has 0 fully saturated rings. The fourth-order valence-corrected chi connectivity index (χ4v) is 2.04. The van der Waals surface area contributed by atoms with Gasteiger partial charge in [-0.2, -0.15) is 0 Å². The van der Waals surface area contributed by atoms with E-state index in [4.69, 9.17) is 10.5 Å². The van der Waals surface area contributed by atoms with Crippen molar-refractivity contribution in [2.75, 3.05) is 25.1 Å². The minimum atomic E-state index is -0.244. The maximum absolute atomic E-state index is 11.5. The molecule has 108 valence electrons. The van der Waals surface area contributed by atoms with E-state index in [0.717, 1.165) is 24.0 Å². The summed E-state index contributed by atoms with van der Waals surface area (Å²) in [5.74, 6) is 0.296. The van der Waals surface area contributed by atoms with Gasteiger partial charge in [-0.25, -0.2) is 4.98 Å². The largest absolute Gasteiger partial charge is 0.382 e. The molecule has 6 heteroatoms. The maximum Gasteiger partial charge on any atom is 0.240 e. The molecule has 6 nitrogen and oxygen atoms in total. The number of imidazole rings is 1. The SMILES string of the molecule is CCOCCCn1c(NC(=O)CN)nc2ccccc21. The number of nitrogens with zero attached hydrogens (tertiary/aromatic N) is 2. The molecule has 0 unspecified atom stereocenters. The summed E-state index contributed by atoms with van der Waals surface area (Å²) in [6.45, 7) is 4.05. The summed E-state index contributed by atoms with van der Waals surface area (Å²) in [6, 6.07) is 7.79. The highest BCUT2D eigenvalue weighted by atomic mass is 16.5. The van der Waals surface area contributed by atoms with Gasteiger partial charge in [0.15, 0.2) is 0 Å². The Morgan fingerprint density at radius 3 is 3.00 bits per heavy atom. The number of ether oxygens (including phenoxy) is 1. The van der Waals surface area contributed by atoms with Crippen molar-refractivity contribution in [1.82, 2.24) is 9.55 Å².